The fraction of sp³-hybridized carbons (Fsp3) is 0.125. The highest BCUT2D eigenvalue weighted by Gasteiger charge is 2.08. The van der Waals surface area contributed by atoms with Crippen LogP contribution in [0.3, 0.4) is 0 Å². The van der Waals surface area contributed by atoms with E-state index >= 15 is 0 Å². The Labute approximate surface area is 64.8 Å². The van der Waals surface area contributed by atoms with Crippen LogP contribution in [0.1, 0.15) is 11.1 Å². The van der Waals surface area contributed by atoms with Gasteiger partial charge in [0, 0.05) is 18.6 Å². The number of rotatable bonds is 1. The molecule has 1 rings (SSSR count). The van der Waals surface area contributed by atoms with Gasteiger partial charge in [0.05, 0.1) is 4.92 Å². The molecule has 0 N–H and O–H groups in total. The van der Waals surface area contributed by atoms with Gasteiger partial charge in [-0.25, -0.2) is 0 Å². The van der Waals surface area contributed by atoms with E-state index in [4.69, 9.17) is 6.92 Å². The lowest BCUT2D eigenvalue weighted by Crippen LogP contribution is -1.91. The van der Waals surface area contributed by atoms with Crippen LogP contribution in [0, 0.1) is 24.0 Å². The Morgan fingerprint density at radius 3 is 2.64 bits per heavy atom. The minimum atomic E-state index is -0.491. The molecule has 0 unspecified atom stereocenters. The van der Waals surface area contributed by atoms with Crippen molar-refractivity contribution >= 4 is 5.69 Å². The van der Waals surface area contributed by atoms with Crippen molar-refractivity contribution in [3.05, 3.63) is 46.4 Å². The van der Waals surface area contributed by atoms with Gasteiger partial charge in [-0.3, -0.25) is 10.1 Å². The third-order valence-corrected chi connectivity index (χ3v) is 1.38. The number of nitrogens with zero attached hydrogens (tertiary/aromatic N) is 1. The lowest BCUT2D eigenvalue weighted by Gasteiger charge is -1.96. The summed E-state index contributed by atoms with van der Waals surface area (Å²) in [4.78, 5) is 9.77. The van der Waals surface area contributed by atoms with Crippen molar-refractivity contribution in [1.29, 1.82) is 0 Å². The number of hydrogen-bond acceptors (Lipinski definition) is 2. The quantitative estimate of drug-likeness (QED) is 0.452. The van der Waals surface area contributed by atoms with Crippen LogP contribution in [0.5, 0.6) is 0 Å². The summed E-state index contributed by atoms with van der Waals surface area (Å²) in [5, 5.41) is 10.3. The summed E-state index contributed by atoms with van der Waals surface area (Å²) in [6.45, 7) is 7.21. The zero-order chi connectivity index (χ0) is 8.43. The molecule has 0 heterocycles. The predicted octanol–water partition coefficient (Wildman–Crippen LogP) is 1.96. The summed E-state index contributed by atoms with van der Waals surface area (Å²) in [5.74, 6) is 0. The van der Waals surface area contributed by atoms with E-state index in [0.29, 0.717) is 0 Å². The summed E-state index contributed by atoms with van der Waals surface area (Å²) < 4.78 is 0. The molecule has 2 radical (unpaired) electrons. The Hall–Kier alpha value is -1.38. The van der Waals surface area contributed by atoms with Crippen LogP contribution in [0.15, 0.2) is 18.2 Å². The lowest BCUT2D eigenvalue weighted by atomic mass is 10.1. The average molecular weight is 149 g/mol. The first-order valence-electron chi connectivity index (χ1n) is 3.12. The topological polar surface area (TPSA) is 43.1 Å². The Kier molecular flexibility index (Phi) is 1.89. The van der Waals surface area contributed by atoms with Gasteiger partial charge in [-0.15, -0.1) is 0 Å². The largest absolute Gasteiger partial charge is 0.272 e. The molecular formula is C8H7NO2. The second-order valence-electron chi connectivity index (χ2n) is 2.32. The van der Waals surface area contributed by atoms with E-state index in [1.807, 2.05) is 6.92 Å². The average Bonchev–Trinajstić information content (AvgIpc) is 1.85. The van der Waals surface area contributed by atoms with Crippen LogP contribution >= 0.6 is 0 Å². The summed E-state index contributed by atoms with van der Waals surface area (Å²) in [6, 6.07) is 4.65. The zero-order valence-electron chi connectivity index (χ0n) is 6.07. The molecule has 0 saturated carbocycles. The lowest BCUT2D eigenvalue weighted by molar-refractivity contribution is -0.385. The number of hydrogen-bond donors (Lipinski definition) is 0. The van der Waals surface area contributed by atoms with E-state index in [9.17, 15) is 10.1 Å². The molecule has 3 nitrogen and oxygen atoms in total. The van der Waals surface area contributed by atoms with Crippen molar-refractivity contribution < 1.29 is 4.92 Å². The summed E-state index contributed by atoms with van der Waals surface area (Å²) in [6.07, 6.45) is 0. The van der Waals surface area contributed by atoms with Gasteiger partial charge >= 0.3 is 0 Å². The zero-order valence-corrected chi connectivity index (χ0v) is 6.07. The first-order chi connectivity index (χ1) is 5.11. The highest BCUT2D eigenvalue weighted by molar-refractivity contribution is 5.44. The minimum absolute atomic E-state index is 0.0319. The van der Waals surface area contributed by atoms with Gasteiger partial charge in [-0.05, 0) is 13.0 Å². The molecule has 56 valence electrons. The molecule has 11 heavy (non-hydrogen) atoms. The Bertz CT molecular complexity index is 294. The standard InChI is InChI=1S/C8H7NO2/c1-6-3-4-8(9(10)11)7(2)5-6/h2-5H,1H3. The van der Waals surface area contributed by atoms with Crippen molar-refractivity contribution in [3.8, 4) is 0 Å². The van der Waals surface area contributed by atoms with Crippen molar-refractivity contribution in [3.63, 3.8) is 0 Å². The molecule has 0 aliphatic carbocycles. The third kappa shape index (κ3) is 1.55. The first kappa shape index (κ1) is 7.72. The van der Waals surface area contributed by atoms with Gasteiger partial charge in [0.15, 0.2) is 0 Å². The van der Waals surface area contributed by atoms with E-state index < -0.39 is 4.92 Å². The highest BCUT2D eigenvalue weighted by Crippen LogP contribution is 2.17. The molecule has 0 spiro atoms. The van der Waals surface area contributed by atoms with Gasteiger partial charge in [0.1, 0.15) is 0 Å². The molecule has 0 bridgehead atoms. The molecule has 0 aliphatic heterocycles. The fourth-order valence-electron chi connectivity index (χ4n) is 0.840. The van der Waals surface area contributed by atoms with Gasteiger partial charge in [0.25, 0.3) is 5.69 Å². The van der Waals surface area contributed by atoms with Gasteiger partial charge in [-0.1, -0.05) is 11.6 Å². The van der Waals surface area contributed by atoms with Gasteiger partial charge in [0.2, 0.25) is 0 Å². The van der Waals surface area contributed by atoms with Crippen LogP contribution in [-0.2, 0) is 0 Å². The maximum atomic E-state index is 10.3. The van der Waals surface area contributed by atoms with Crippen LogP contribution < -0.4 is 0 Å². The smallest absolute Gasteiger partial charge is 0.258 e. The molecule has 0 aromatic heterocycles. The van der Waals surface area contributed by atoms with E-state index in [-0.39, 0.29) is 11.3 Å². The normalized spacial score (nSPS) is 9.64. The molecule has 1 aromatic rings. The molecule has 0 atom stereocenters. The van der Waals surface area contributed by atoms with Crippen LogP contribution in [-0.4, -0.2) is 4.92 Å². The van der Waals surface area contributed by atoms with E-state index in [0.717, 1.165) is 5.56 Å². The summed E-state index contributed by atoms with van der Waals surface area (Å²) in [7, 11) is 0. The second kappa shape index (κ2) is 2.70. The molecule has 3 heteroatoms. The highest BCUT2D eigenvalue weighted by atomic mass is 16.6. The first-order valence-corrected chi connectivity index (χ1v) is 3.12. The van der Waals surface area contributed by atoms with Gasteiger partial charge < -0.3 is 0 Å². The van der Waals surface area contributed by atoms with Crippen LogP contribution in [0.2, 0.25) is 0 Å². The molecular weight excluding hydrogens is 142 g/mol. The Morgan fingerprint density at radius 1 is 1.55 bits per heavy atom. The molecule has 0 saturated heterocycles. The molecule has 1 aromatic carbocycles. The van der Waals surface area contributed by atoms with Crippen molar-refractivity contribution in [1.82, 2.24) is 0 Å². The number of nitro groups is 1. The number of benzene rings is 1. The second-order valence-corrected chi connectivity index (χ2v) is 2.32. The predicted molar refractivity (Wildman–Crippen MR) is 41.2 cm³/mol. The maximum absolute atomic E-state index is 10.3. The van der Waals surface area contributed by atoms with Crippen LogP contribution in [0.25, 0.3) is 0 Å². The monoisotopic (exact) mass is 149 g/mol. The van der Waals surface area contributed by atoms with E-state index in [2.05, 4.69) is 0 Å². The Morgan fingerprint density at radius 2 is 2.18 bits per heavy atom. The maximum Gasteiger partial charge on any atom is 0.272 e. The molecule has 0 amide bonds. The van der Waals surface area contributed by atoms with Crippen molar-refractivity contribution in [2.45, 2.75) is 6.92 Å². The molecule has 0 fully saturated rings. The fourth-order valence-corrected chi connectivity index (χ4v) is 0.840. The van der Waals surface area contributed by atoms with E-state index in [1.165, 1.54) is 6.07 Å². The van der Waals surface area contributed by atoms with Crippen molar-refractivity contribution in [2.75, 3.05) is 0 Å². The minimum Gasteiger partial charge on any atom is -0.258 e. The van der Waals surface area contributed by atoms with Gasteiger partial charge in [-0.2, -0.15) is 0 Å². The number of aryl methyl sites for hydroxylation is 1. The molecule has 0 aliphatic rings. The third-order valence-electron chi connectivity index (χ3n) is 1.38. The SMILES string of the molecule is [CH]c1cc(C)ccc1[N+](=O)[O-]. The Balaban J connectivity index is 3.20. The summed E-state index contributed by atoms with van der Waals surface area (Å²) in [5.41, 5.74) is 1.11. The van der Waals surface area contributed by atoms with E-state index in [1.54, 1.807) is 12.1 Å². The van der Waals surface area contributed by atoms with Crippen molar-refractivity contribution in [2.24, 2.45) is 0 Å². The van der Waals surface area contributed by atoms with Crippen LogP contribution in [0.4, 0.5) is 5.69 Å². The summed E-state index contributed by atoms with van der Waals surface area (Å²) >= 11 is 0. The number of nitro benzene ring substituents is 1.